The van der Waals surface area contributed by atoms with Crippen molar-refractivity contribution >= 4 is 81.9 Å². The third-order valence-electron chi connectivity index (χ3n) is 14.6. The van der Waals surface area contributed by atoms with Crippen LogP contribution in [0.2, 0.25) is 5.02 Å². The number of amides is 6. The van der Waals surface area contributed by atoms with Gasteiger partial charge < -0.3 is 34.5 Å². The van der Waals surface area contributed by atoms with E-state index >= 15 is 0 Å². The van der Waals surface area contributed by atoms with Crippen LogP contribution in [-0.4, -0.2) is 136 Å². The van der Waals surface area contributed by atoms with E-state index in [-0.39, 0.29) is 99.0 Å². The molecule has 4 aromatic rings. The zero-order valence-electron chi connectivity index (χ0n) is 47.6. The minimum Gasteiger partial charge on any atom is -0.491 e. The Morgan fingerprint density at radius 3 is 2.22 bits per heavy atom. The number of carbonyl (C=O) groups excluding carboxylic acids is 7. The molecule has 4 aliphatic heterocycles. The summed E-state index contributed by atoms with van der Waals surface area (Å²) in [6.07, 6.45) is 6.07. The number of ether oxygens (including phenoxy) is 4. The number of piperidine rings is 1. The van der Waals surface area contributed by atoms with E-state index in [0.717, 1.165) is 60.5 Å². The van der Waals surface area contributed by atoms with E-state index in [1.807, 2.05) is 52.0 Å². The number of imide groups is 2. The van der Waals surface area contributed by atoms with Gasteiger partial charge in [-0.1, -0.05) is 61.1 Å². The highest BCUT2D eigenvalue weighted by Gasteiger charge is 2.46. The average molecular weight is 1160 g/mol. The van der Waals surface area contributed by atoms with Crippen LogP contribution in [0.25, 0.3) is 0 Å². The van der Waals surface area contributed by atoms with Crippen molar-refractivity contribution < 1.29 is 52.5 Å². The van der Waals surface area contributed by atoms with Crippen molar-refractivity contribution in [1.82, 2.24) is 29.9 Å². The van der Waals surface area contributed by atoms with Gasteiger partial charge in [0.15, 0.2) is 5.82 Å². The van der Waals surface area contributed by atoms with Gasteiger partial charge >= 0.3 is 5.97 Å². The van der Waals surface area contributed by atoms with Crippen LogP contribution in [0.3, 0.4) is 0 Å². The molecule has 0 spiro atoms. The van der Waals surface area contributed by atoms with Crippen LogP contribution in [-0.2, 0) is 38.2 Å². The van der Waals surface area contributed by atoms with Gasteiger partial charge in [0, 0.05) is 55.3 Å². The second-order valence-corrected chi connectivity index (χ2v) is 23.5. The molecule has 4 aliphatic rings. The number of aromatic nitrogens is 3. The van der Waals surface area contributed by atoms with E-state index < -0.39 is 41.3 Å². The number of unbranched alkanes of at least 4 members (excludes halogenated alkanes) is 5. The molecule has 5 heterocycles. The Bertz CT molecular complexity index is 3050. The Hall–Kier alpha value is -6.94. The van der Waals surface area contributed by atoms with Gasteiger partial charge in [0.05, 0.1) is 61.0 Å². The van der Waals surface area contributed by atoms with E-state index in [9.17, 15) is 33.6 Å². The van der Waals surface area contributed by atoms with Crippen molar-refractivity contribution in [3.63, 3.8) is 0 Å². The number of aliphatic imine (C=N–C) groups is 1. The molecule has 3 aromatic carbocycles. The molecule has 0 radical (unpaired) electrons. The molecule has 4 atom stereocenters. The van der Waals surface area contributed by atoms with Gasteiger partial charge in [-0.15, -0.1) is 22.0 Å². The quantitative estimate of drug-likeness (QED) is 0.0273. The lowest BCUT2D eigenvalue weighted by atomic mass is 9.90. The number of hydrogen-bond acceptors (Lipinski definition) is 16. The maximum absolute atomic E-state index is 13.7. The second-order valence-electron chi connectivity index (χ2n) is 21.8. The fourth-order valence-electron chi connectivity index (χ4n) is 10.4. The molecule has 82 heavy (non-hydrogen) atoms. The van der Waals surface area contributed by atoms with Crippen molar-refractivity contribution in [2.75, 3.05) is 63.3 Å². The van der Waals surface area contributed by atoms with Gasteiger partial charge in [0.1, 0.15) is 35.9 Å². The predicted octanol–water partition coefficient (Wildman–Crippen LogP) is 9.18. The van der Waals surface area contributed by atoms with Crippen molar-refractivity contribution in [3.05, 3.63) is 111 Å². The number of halogens is 1. The van der Waals surface area contributed by atoms with Gasteiger partial charge in [0.25, 0.3) is 11.8 Å². The standard InChI is InChI=1S/C60H74ClN9O11S/c1-37-38(2)82-59-52(37)54(40-18-20-41(61)21-19-40)64-46(55-67-66-39(3)69(55)59)36-49(72)63-42-22-24-43(25-23-42)80-35-34-79-33-30-68(50(73)16-11-9-7-8-10-12-17-51(74)81-60(4,5)6)29-32-78-31-28-62-45-15-13-14-44-53(45)58(77)70(57(44)76)47-26-27-48(71)65-56(47)75/h13-15,18-25,46-47,52,59,62H,7-12,16-17,26-36H2,1-6H3,(H,63,72)(H,65,71,75)/t46-,47?,52?,59?/m0/s1. The summed E-state index contributed by atoms with van der Waals surface area (Å²) in [5, 5.41) is 18.0. The van der Waals surface area contributed by atoms with E-state index in [1.165, 1.54) is 16.5 Å². The lowest BCUT2D eigenvalue weighted by Crippen LogP contribution is -2.54. The number of nitrogens with zero attached hydrogens (tertiary/aromatic N) is 6. The highest BCUT2D eigenvalue weighted by Crippen LogP contribution is 2.53. The SMILES string of the molecule is CC1=C(C)C2C(c3ccc(Cl)cc3)=N[C@@H](CC(=O)Nc3ccc(OCCOCCN(CCOCCNc4cccc5c4C(=O)N(C4CCC(=O)NC4=O)C5=O)C(=O)CCCCCCCCC(=O)OC(C)(C)C)cc3)c3nnc(C)n3C2S1. The Balaban J connectivity index is 0.784. The number of aryl methyl sites for hydroxylation is 1. The average Bonchev–Trinajstić information content (AvgIpc) is 4.19. The van der Waals surface area contributed by atoms with E-state index in [1.54, 1.807) is 53.1 Å². The van der Waals surface area contributed by atoms with Crippen LogP contribution in [0, 0.1) is 12.8 Å². The highest BCUT2D eigenvalue weighted by molar-refractivity contribution is 8.03. The number of allylic oxidation sites excluding steroid dienone is 2. The molecule has 438 valence electrons. The molecule has 3 unspecified atom stereocenters. The molecule has 1 aromatic heterocycles. The maximum atomic E-state index is 13.7. The lowest BCUT2D eigenvalue weighted by Gasteiger charge is -2.27. The lowest BCUT2D eigenvalue weighted by molar-refractivity contribution is -0.155. The molecule has 1 saturated heterocycles. The number of anilines is 2. The minimum atomic E-state index is -1.07. The number of hydrogen-bond donors (Lipinski definition) is 3. The molecule has 0 bridgehead atoms. The zero-order chi connectivity index (χ0) is 58.5. The van der Waals surface area contributed by atoms with E-state index in [4.69, 9.17) is 35.5 Å². The minimum absolute atomic E-state index is 0.0192. The molecule has 6 amide bonds. The van der Waals surface area contributed by atoms with Crippen LogP contribution in [0.1, 0.15) is 155 Å². The fourth-order valence-corrected chi connectivity index (χ4v) is 12.1. The summed E-state index contributed by atoms with van der Waals surface area (Å²) >= 11 is 8.05. The summed E-state index contributed by atoms with van der Waals surface area (Å²) in [6, 6.07) is 18.0. The normalized spacial score (nSPS) is 18.6. The van der Waals surface area contributed by atoms with Gasteiger partial charge in [-0.05, 0) is 120 Å². The first-order valence-electron chi connectivity index (χ1n) is 28.2. The zero-order valence-corrected chi connectivity index (χ0v) is 49.1. The van der Waals surface area contributed by atoms with Crippen LogP contribution >= 0.6 is 23.4 Å². The van der Waals surface area contributed by atoms with Crippen LogP contribution in [0.4, 0.5) is 11.4 Å². The third kappa shape index (κ3) is 15.8. The first kappa shape index (κ1) is 61.1. The largest absolute Gasteiger partial charge is 0.491 e. The Morgan fingerprint density at radius 1 is 0.817 bits per heavy atom. The predicted molar refractivity (Wildman–Crippen MR) is 312 cm³/mol. The fraction of sp³-hybridized carbons (Fsp3) is 0.500. The number of fused-ring (bicyclic) bond motifs is 4. The van der Waals surface area contributed by atoms with Crippen molar-refractivity contribution in [1.29, 1.82) is 0 Å². The van der Waals surface area contributed by atoms with Crippen molar-refractivity contribution in [3.8, 4) is 5.75 Å². The molecule has 22 heteroatoms. The first-order valence-corrected chi connectivity index (χ1v) is 29.5. The van der Waals surface area contributed by atoms with Gasteiger partial charge in [-0.2, -0.15) is 0 Å². The molecule has 0 aliphatic carbocycles. The number of benzene rings is 3. The van der Waals surface area contributed by atoms with Gasteiger partial charge in [-0.25, -0.2) is 0 Å². The third-order valence-corrected chi connectivity index (χ3v) is 16.3. The highest BCUT2D eigenvalue weighted by atomic mass is 35.5. The molecular weight excluding hydrogens is 1090 g/mol. The Labute approximate surface area is 487 Å². The molecule has 20 nitrogen and oxygen atoms in total. The van der Waals surface area contributed by atoms with E-state index in [2.05, 4.69) is 44.6 Å². The Kier molecular flexibility index (Phi) is 21.1. The molecular formula is C60H74ClN9O11S. The summed E-state index contributed by atoms with van der Waals surface area (Å²) in [5.74, 6) is -0.782. The first-order chi connectivity index (χ1) is 39.4. The van der Waals surface area contributed by atoms with E-state index in [0.29, 0.717) is 53.9 Å². The topological polar surface area (TPSA) is 242 Å². The van der Waals surface area contributed by atoms with Gasteiger partial charge in [-0.3, -0.25) is 53.3 Å². The summed E-state index contributed by atoms with van der Waals surface area (Å²) < 4.78 is 25.4. The number of thioether (sulfide) groups is 1. The summed E-state index contributed by atoms with van der Waals surface area (Å²) in [4.78, 5) is 99.6. The van der Waals surface area contributed by atoms with Crippen LogP contribution < -0.4 is 20.7 Å². The van der Waals surface area contributed by atoms with Crippen molar-refractivity contribution in [2.45, 2.75) is 135 Å². The maximum Gasteiger partial charge on any atom is 0.306 e. The second kappa shape index (κ2) is 28.4. The number of esters is 1. The molecule has 0 saturated carbocycles. The van der Waals surface area contributed by atoms with Crippen molar-refractivity contribution in [2.24, 2.45) is 10.9 Å². The molecule has 1 fully saturated rings. The summed E-state index contributed by atoms with van der Waals surface area (Å²) in [5.41, 5.74) is 3.91. The smallest absolute Gasteiger partial charge is 0.306 e. The number of carbonyl (C=O) groups is 7. The van der Waals surface area contributed by atoms with Gasteiger partial charge in [0.2, 0.25) is 23.6 Å². The monoisotopic (exact) mass is 1160 g/mol. The van der Waals surface area contributed by atoms with Crippen LogP contribution in [0.5, 0.6) is 5.75 Å². The molecule has 8 rings (SSSR count). The number of nitrogens with one attached hydrogen (secondary N) is 3. The number of rotatable bonds is 28. The summed E-state index contributed by atoms with van der Waals surface area (Å²) in [6.45, 7) is 13.9. The summed E-state index contributed by atoms with van der Waals surface area (Å²) in [7, 11) is 0. The molecule has 3 N–H and O–H groups in total. The van der Waals surface area contributed by atoms with Crippen LogP contribution in [0.15, 0.2) is 82.2 Å². The Morgan fingerprint density at radius 2 is 1.51 bits per heavy atom.